The molecule has 6 nitrogen and oxygen atoms in total. The van der Waals surface area contributed by atoms with Crippen LogP contribution in [0.1, 0.15) is 44.7 Å². The van der Waals surface area contributed by atoms with Crippen LogP contribution in [0.5, 0.6) is 0 Å². The summed E-state index contributed by atoms with van der Waals surface area (Å²) in [6.45, 7) is 2.03. The average Bonchev–Trinajstić information content (AvgIpc) is 2.82. The second-order valence-electron chi connectivity index (χ2n) is 6.74. The first-order chi connectivity index (χ1) is 11.6. The minimum absolute atomic E-state index is 0.120. The molecule has 5 rings (SSSR count). The topological polar surface area (TPSA) is 70.8 Å². The van der Waals surface area contributed by atoms with Gasteiger partial charge in [0.25, 0.3) is 11.8 Å². The summed E-state index contributed by atoms with van der Waals surface area (Å²) >= 11 is 0. The van der Waals surface area contributed by atoms with Gasteiger partial charge in [-0.1, -0.05) is 0 Å². The molecule has 2 aromatic rings. The molecule has 24 heavy (non-hydrogen) atoms. The molecule has 122 valence electrons. The number of benzene rings is 1. The maximum atomic E-state index is 12.5. The maximum Gasteiger partial charge on any atom is 0.350 e. The predicted octanol–water partition coefficient (Wildman–Crippen LogP) is 1.72. The molecular formula is C18H16N2O4. The molecule has 3 aliphatic heterocycles. The lowest BCUT2D eigenvalue weighted by atomic mass is 9.88. The molecule has 0 unspecified atom stereocenters. The molecule has 0 saturated carbocycles. The van der Waals surface area contributed by atoms with E-state index in [0.29, 0.717) is 11.0 Å². The number of fused-ring (bicyclic) bond motifs is 4. The van der Waals surface area contributed by atoms with E-state index < -0.39 is 17.4 Å². The van der Waals surface area contributed by atoms with Crippen LogP contribution in [0.25, 0.3) is 11.0 Å². The van der Waals surface area contributed by atoms with Gasteiger partial charge in [0.1, 0.15) is 11.1 Å². The number of hydrogen-bond acceptors (Lipinski definition) is 5. The van der Waals surface area contributed by atoms with E-state index in [1.807, 2.05) is 6.07 Å². The highest BCUT2D eigenvalue weighted by atomic mass is 16.4. The molecule has 6 heteroatoms. The fourth-order valence-corrected chi connectivity index (χ4v) is 4.36. The smallest absolute Gasteiger partial charge is 0.350 e. The fourth-order valence-electron chi connectivity index (χ4n) is 4.36. The van der Waals surface area contributed by atoms with Gasteiger partial charge in [-0.15, -0.1) is 0 Å². The Bertz CT molecular complexity index is 1000. The van der Waals surface area contributed by atoms with Crippen LogP contribution in [0.4, 0.5) is 5.69 Å². The Labute approximate surface area is 137 Å². The van der Waals surface area contributed by atoms with Crippen molar-refractivity contribution < 1.29 is 14.0 Å². The van der Waals surface area contributed by atoms with Crippen LogP contribution in [0.15, 0.2) is 15.3 Å². The Morgan fingerprint density at radius 1 is 1.00 bits per heavy atom. The second kappa shape index (κ2) is 4.47. The molecule has 0 saturated heterocycles. The van der Waals surface area contributed by atoms with Crippen LogP contribution in [-0.4, -0.2) is 36.9 Å². The molecule has 0 bridgehead atoms. The largest absolute Gasteiger partial charge is 0.422 e. The number of aryl methyl sites for hydroxylation is 2. The first kappa shape index (κ1) is 13.8. The van der Waals surface area contributed by atoms with Crippen LogP contribution in [0.3, 0.4) is 0 Å². The van der Waals surface area contributed by atoms with E-state index in [4.69, 9.17) is 4.42 Å². The van der Waals surface area contributed by atoms with Crippen molar-refractivity contribution in [1.29, 1.82) is 0 Å². The summed E-state index contributed by atoms with van der Waals surface area (Å²) < 4.78 is 5.56. The quantitative estimate of drug-likeness (QED) is 0.545. The van der Waals surface area contributed by atoms with Gasteiger partial charge in [-0.25, -0.2) is 4.79 Å². The third-order valence-electron chi connectivity index (χ3n) is 5.43. The van der Waals surface area contributed by atoms with E-state index in [0.717, 1.165) is 49.2 Å². The molecule has 1 aromatic heterocycles. The van der Waals surface area contributed by atoms with Crippen LogP contribution in [0, 0.1) is 0 Å². The van der Waals surface area contributed by atoms with Gasteiger partial charge in [0.15, 0.2) is 0 Å². The zero-order chi connectivity index (χ0) is 16.6. The van der Waals surface area contributed by atoms with Crippen molar-refractivity contribution in [3.8, 4) is 0 Å². The lowest BCUT2D eigenvalue weighted by Crippen LogP contribution is -2.34. The van der Waals surface area contributed by atoms with Gasteiger partial charge in [0, 0.05) is 36.8 Å². The van der Waals surface area contributed by atoms with Gasteiger partial charge in [-0.05, 0) is 37.3 Å². The van der Waals surface area contributed by atoms with Crippen LogP contribution in [-0.2, 0) is 12.8 Å². The van der Waals surface area contributed by atoms with E-state index in [2.05, 4.69) is 4.90 Å². The zero-order valence-corrected chi connectivity index (χ0v) is 13.3. The number of carbonyl (C=O) groups excluding carboxylic acids is 2. The van der Waals surface area contributed by atoms with Gasteiger partial charge in [0.05, 0.1) is 5.56 Å². The van der Waals surface area contributed by atoms with E-state index >= 15 is 0 Å². The van der Waals surface area contributed by atoms with Crippen molar-refractivity contribution in [3.63, 3.8) is 0 Å². The summed E-state index contributed by atoms with van der Waals surface area (Å²) in [5.74, 6) is -0.984. The van der Waals surface area contributed by atoms with Gasteiger partial charge in [-0.3, -0.25) is 14.5 Å². The maximum absolute atomic E-state index is 12.5. The molecule has 2 amide bonds. The Hall–Kier alpha value is -2.63. The molecule has 0 spiro atoms. The van der Waals surface area contributed by atoms with Gasteiger partial charge in [-0.2, -0.15) is 0 Å². The third-order valence-corrected chi connectivity index (χ3v) is 5.43. The van der Waals surface area contributed by atoms with E-state index in [9.17, 15) is 14.4 Å². The minimum Gasteiger partial charge on any atom is -0.422 e. The highest BCUT2D eigenvalue weighted by molar-refractivity contribution is 6.25. The van der Waals surface area contributed by atoms with E-state index in [-0.39, 0.29) is 11.1 Å². The van der Waals surface area contributed by atoms with Gasteiger partial charge < -0.3 is 9.32 Å². The number of amides is 2. The second-order valence-corrected chi connectivity index (χ2v) is 6.74. The summed E-state index contributed by atoms with van der Waals surface area (Å²) in [7, 11) is 1.40. The van der Waals surface area contributed by atoms with E-state index in [1.54, 1.807) is 0 Å². The van der Waals surface area contributed by atoms with Crippen molar-refractivity contribution in [2.75, 3.05) is 25.0 Å². The molecule has 4 heterocycles. The average molecular weight is 324 g/mol. The molecule has 0 N–H and O–H groups in total. The first-order valence-corrected chi connectivity index (χ1v) is 8.31. The molecule has 1 aromatic carbocycles. The summed E-state index contributed by atoms with van der Waals surface area (Å²) in [5.41, 5.74) is 3.26. The monoisotopic (exact) mass is 324 g/mol. The van der Waals surface area contributed by atoms with Gasteiger partial charge in [0.2, 0.25) is 0 Å². The van der Waals surface area contributed by atoms with Crippen LogP contribution >= 0.6 is 0 Å². The lowest BCUT2D eigenvalue weighted by Gasteiger charge is -2.37. The standard InChI is InChI=1S/C18H16N2O4/c1-19-16(21)12-11-8-9-4-2-6-20-7-3-5-10(14(9)20)15(11)24-18(23)13(12)17(19)22/h8H,2-7H2,1H3. The SMILES string of the molecule is CN1C(=O)c2c(c3cc4c5c(c3oc2=O)CCCN5CCC4)C1=O. The predicted molar refractivity (Wildman–Crippen MR) is 87.8 cm³/mol. The molecule has 0 atom stereocenters. The number of rotatable bonds is 0. The Morgan fingerprint density at radius 2 is 1.71 bits per heavy atom. The number of hydrogen-bond donors (Lipinski definition) is 0. The fraction of sp³-hybridized carbons (Fsp3) is 0.389. The highest BCUT2D eigenvalue weighted by Crippen LogP contribution is 2.41. The lowest BCUT2D eigenvalue weighted by molar-refractivity contribution is 0.0693. The summed E-state index contributed by atoms with van der Waals surface area (Å²) in [6.07, 6.45) is 3.85. The van der Waals surface area contributed by atoms with Crippen molar-refractivity contribution >= 4 is 28.5 Å². The summed E-state index contributed by atoms with van der Waals surface area (Å²) in [6, 6.07) is 1.96. The summed E-state index contributed by atoms with van der Waals surface area (Å²) in [4.78, 5) is 40.5. The van der Waals surface area contributed by atoms with Crippen LogP contribution < -0.4 is 10.5 Å². The first-order valence-electron chi connectivity index (χ1n) is 8.31. The molecule has 0 radical (unpaired) electrons. The van der Waals surface area contributed by atoms with Gasteiger partial charge >= 0.3 is 5.63 Å². The summed E-state index contributed by atoms with van der Waals surface area (Å²) in [5, 5.41) is 0.616. The number of anilines is 1. The Morgan fingerprint density at radius 3 is 2.50 bits per heavy atom. The van der Waals surface area contributed by atoms with Crippen molar-refractivity contribution in [2.24, 2.45) is 0 Å². The highest BCUT2D eigenvalue weighted by Gasteiger charge is 2.39. The third kappa shape index (κ3) is 1.53. The Kier molecular flexibility index (Phi) is 2.56. The van der Waals surface area contributed by atoms with E-state index in [1.165, 1.54) is 18.3 Å². The van der Waals surface area contributed by atoms with Crippen molar-refractivity contribution in [3.05, 3.63) is 38.7 Å². The molecule has 0 fully saturated rings. The van der Waals surface area contributed by atoms with Crippen molar-refractivity contribution in [2.45, 2.75) is 25.7 Å². The number of imide groups is 1. The molecule has 0 aliphatic carbocycles. The minimum atomic E-state index is -0.704. The van der Waals surface area contributed by atoms with Crippen molar-refractivity contribution in [1.82, 2.24) is 4.90 Å². The normalized spacial score (nSPS) is 19.0. The zero-order valence-electron chi connectivity index (χ0n) is 13.3. The van der Waals surface area contributed by atoms with Crippen LogP contribution in [0.2, 0.25) is 0 Å². The number of carbonyl (C=O) groups is 2. The molecular weight excluding hydrogens is 308 g/mol. The number of nitrogens with zero attached hydrogens (tertiary/aromatic N) is 2. The Balaban J connectivity index is 1.95. The molecule has 3 aliphatic rings.